The molecule has 7 heteroatoms. The second kappa shape index (κ2) is 9.25. The fraction of sp³-hybridized carbons (Fsp3) is 0.611. The fourth-order valence-electron chi connectivity index (χ4n) is 3.03. The lowest BCUT2D eigenvalue weighted by molar-refractivity contribution is -0.148. The Hall–Kier alpha value is -2.31. The maximum absolute atomic E-state index is 11.9. The van der Waals surface area contributed by atoms with Gasteiger partial charge in [-0.05, 0) is 30.4 Å². The van der Waals surface area contributed by atoms with Gasteiger partial charge in [0.05, 0.1) is 12.7 Å². The molecule has 0 unspecified atom stereocenters. The number of amides is 2. The summed E-state index contributed by atoms with van der Waals surface area (Å²) in [5.41, 5.74) is 0. The van der Waals surface area contributed by atoms with Gasteiger partial charge in [-0.3, -0.25) is 14.4 Å². The lowest BCUT2D eigenvalue weighted by atomic mass is 9.78. The third-order valence-corrected chi connectivity index (χ3v) is 4.78. The van der Waals surface area contributed by atoms with Crippen LogP contribution in [-0.2, 0) is 14.3 Å². The van der Waals surface area contributed by atoms with Gasteiger partial charge in [0.1, 0.15) is 0 Å². The van der Waals surface area contributed by atoms with Crippen LogP contribution in [0.3, 0.4) is 0 Å². The van der Waals surface area contributed by atoms with Crippen LogP contribution in [0, 0.1) is 11.8 Å². The predicted molar refractivity (Wildman–Crippen MR) is 90.7 cm³/mol. The first kappa shape index (κ1) is 19.0. The Balaban J connectivity index is 1.61. The van der Waals surface area contributed by atoms with Gasteiger partial charge in [-0.25, -0.2) is 0 Å². The minimum absolute atomic E-state index is 0.00338. The van der Waals surface area contributed by atoms with Crippen molar-refractivity contribution < 1.29 is 23.5 Å². The summed E-state index contributed by atoms with van der Waals surface area (Å²) in [6.45, 7) is 4.17. The molecule has 0 bridgehead atoms. The Morgan fingerprint density at radius 3 is 2.80 bits per heavy atom. The molecule has 0 saturated heterocycles. The van der Waals surface area contributed by atoms with Gasteiger partial charge in [0.15, 0.2) is 12.4 Å². The first-order valence-corrected chi connectivity index (χ1v) is 8.74. The summed E-state index contributed by atoms with van der Waals surface area (Å²) in [6, 6.07) is 3.28. The van der Waals surface area contributed by atoms with Crippen molar-refractivity contribution in [1.29, 1.82) is 0 Å². The van der Waals surface area contributed by atoms with Crippen molar-refractivity contribution in [2.75, 3.05) is 13.2 Å². The summed E-state index contributed by atoms with van der Waals surface area (Å²) < 4.78 is 9.89. The third kappa shape index (κ3) is 5.92. The van der Waals surface area contributed by atoms with E-state index in [2.05, 4.69) is 24.5 Å². The van der Waals surface area contributed by atoms with Crippen LogP contribution in [0.4, 0.5) is 0 Å². The first-order chi connectivity index (χ1) is 12.0. The zero-order chi connectivity index (χ0) is 18.2. The summed E-state index contributed by atoms with van der Waals surface area (Å²) in [4.78, 5) is 35.2. The highest BCUT2D eigenvalue weighted by Crippen LogP contribution is 2.29. The third-order valence-electron chi connectivity index (χ3n) is 4.78. The van der Waals surface area contributed by atoms with Crippen LogP contribution in [0.1, 0.15) is 50.1 Å². The fourth-order valence-corrected chi connectivity index (χ4v) is 3.03. The van der Waals surface area contributed by atoms with E-state index >= 15 is 0 Å². The molecule has 2 amide bonds. The maximum atomic E-state index is 11.9. The summed E-state index contributed by atoms with van der Waals surface area (Å²) >= 11 is 0. The molecule has 0 spiro atoms. The van der Waals surface area contributed by atoms with E-state index in [1.165, 1.54) is 18.8 Å². The molecule has 0 radical (unpaired) electrons. The molecule has 0 aliphatic heterocycles. The molecular formula is C18H26N2O5. The standard InChI is InChI=1S/C18H26N2O5/c1-12-5-3-6-14(13(12)2)20-16(21)11-25-17(22)8-9-19-18(23)15-7-4-10-24-15/h4,7,10,12-14H,3,5-6,8-9,11H2,1-2H3,(H,19,23)(H,20,21)/t12-,13+,14+/m0/s1. The molecule has 25 heavy (non-hydrogen) atoms. The van der Waals surface area contributed by atoms with Crippen LogP contribution in [0.15, 0.2) is 22.8 Å². The highest BCUT2D eigenvalue weighted by molar-refractivity contribution is 5.91. The summed E-state index contributed by atoms with van der Waals surface area (Å²) in [6.07, 6.45) is 4.65. The second-order valence-corrected chi connectivity index (χ2v) is 6.59. The predicted octanol–water partition coefficient (Wildman–Crippen LogP) is 1.88. The molecule has 1 aromatic rings. The Morgan fingerprint density at radius 2 is 2.08 bits per heavy atom. The van der Waals surface area contributed by atoms with E-state index in [-0.39, 0.29) is 37.3 Å². The van der Waals surface area contributed by atoms with Crippen molar-refractivity contribution in [2.24, 2.45) is 11.8 Å². The van der Waals surface area contributed by atoms with Crippen LogP contribution in [0.25, 0.3) is 0 Å². The highest BCUT2D eigenvalue weighted by Gasteiger charge is 2.28. The van der Waals surface area contributed by atoms with Crippen molar-refractivity contribution in [3.8, 4) is 0 Å². The number of furan rings is 1. The van der Waals surface area contributed by atoms with Gasteiger partial charge >= 0.3 is 5.97 Å². The number of carbonyl (C=O) groups is 3. The zero-order valence-corrected chi connectivity index (χ0v) is 14.7. The average Bonchev–Trinajstić information content (AvgIpc) is 3.12. The van der Waals surface area contributed by atoms with Gasteiger partial charge in [-0.1, -0.05) is 26.7 Å². The Labute approximate surface area is 147 Å². The Kier molecular flexibility index (Phi) is 7.03. The van der Waals surface area contributed by atoms with Crippen molar-refractivity contribution >= 4 is 17.8 Å². The first-order valence-electron chi connectivity index (χ1n) is 8.74. The molecule has 1 fully saturated rings. The normalized spacial score (nSPS) is 22.9. The van der Waals surface area contributed by atoms with E-state index in [1.54, 1.807) is 6.07 Å². The molecule has 2 N–H and O–H groups in total. The zero-order valence-electron chi connectivity index (χ0n) is 14.7. The van der Waals surface area contributed by atoms with Gasteiger partial charge in [0.25, 0.3) is 11.8 Å². The largest absolute Gasteiger partial charge is 0.459 e. The van der Waals surface area contributed by atoms with E-state index in [0.717, 1.165) is 12.8 Å². The Morgan fingerprint density at radius 1 is 1.28 bits per heavy atom. The van der Waals surface area contributed by atoms with Crippen LogP contribution < -0.4 is 10.6 Å². The van der Waals surface area contributed by atoms with Gasteiger partial charge in [0, 0.05) is 12.6 Å². The number of carbonyl (C=O) groups excluding carboxylic acids is 3. The van der Waals surface area contributed by atoms with Crippen LogP contribution in [0.2, 0.25) is 0 Å². The SMILES string of the molecule is C[C@@H]1[C@@H](C)CCC[C@H]1NC(=O)COC(=O)CCNC(=O)c1ccco1. The number of esters is 1. The van der Waals surface area contributed by atoms with E-state index in [0.29, 0.717) is 11.8 Å². The molecule has 1 aromatic heterocycles. The molecule has 1 aliphatic rings. The number of ether oxygens (including phenoxy) is 1. The topological polar surface area (TPSA) is 97.6 Å². The van der Waals surface area contributed by atoms with Crippen molar-refractivity contribution in [3.05, 3.63) is 24.2 Å². The summed E-state index contributed by atoms with van der Waals surface area (Å²) in [7, 11) is 0. The molecule has 1 heterocycles. The van der Waals surface area contributed by atoms with Crippen molar-refractivity contribution in [1.82, 2.24) is 10.6 Å². The van der Waals surface area contributed by atoms with E-state index in [9.17, 15) is 14.4 Å². The molecule has 1 saturated carbocycles. The second-order valence-electron chi connectivity index (χ2n) is 6.59. The Bertz CT molecular complexity index is 584. The molecule has 3 atom stereocenters. The lowest BCUT2D eigenvalue weighted by Gasteiger charge is -2.34. The van der Waals surface area contributed by atoms with Crippen molar-refractivity contribution in [2.45, 2.75) is 45.6 Å². The molecule has 138 valence electrons. The van der Waals surface area contributed by atoms with E-state index < -0.39 is 11.9 Å². The monoisotopic (exact) mass is 350 g/mol. The number of hydrogen-bond donors (Lipinski definition) is 2. The summed E-state index contributed by atoms with van der Waals surface area (Å²) in [5.74, 6) is -0.0111. The van der Waals surface area contributed by atoms with Gasteiger partial charge in [-0.15, -0.1) is 0 Å². The summed E-state index contributed by atoms with van der Waals surface area (Å²) in [5, 5.41) is 5.49. The van der Waals surface area contributed by atoms with E-state index in [1.807, 2.05) is 0 Å². The molecule has 2 rings (SSSR count). The van der Waals surface area contributed by atoms with E-state index in [4.69, 9.17) is 9.15 Å². The number of nitrogens with one attached hydrogen (secondary N) is 2. The minimum Gasteiger partial charge on any atom is -0.459 e. The molecule has 0 aromatic carbocycles. The lowest BCUT2D eigenvalue weighted by Crippen LogP contribution is -2.45. The van der Waals surface area contributed by atoms with Crippen LogP contribution >= 0.6 is 0 Å². The van der Waals surface area contributed by atoms with Crippen molar-refractivity contribution in [3.63, 3.8) is 0 Å². The molecule has 7 nitrogen and oxygen atoms in total. The van der Waals surface area contributed by atoms with Gasteiger partial charge in [0.2, 0.25) is 0 Å². The number of hydrogen-bond acceptors (Lipinski definition) is 5. The number of rotatable bonds is 7. The molecular weight excluding hydrogens is 324 g/mol. The quantitative estimate of drug-likeness (QED) is 0.732. The van der Waals surface area contributed by atoms with Crippen LogP contribution in [-0.4, -0.2) is 37.0 Å². The van der Waals surface area contributed by atoms with Crippen LogP contribution in [0.5, 0.6) is 0 Å². The van der Waals surface area contributed by atoms with Gasteiger partial charge < -0.3 is 19.8 Å². The average molecular weight is 350 g/mol. The highest BCUT2D eigenvalue weighted by atomic mass is 16.5. The van der Waals surface area contributed by atoms with Gasteiger partial charge in [-0.2, -0.15) is 0 Å². The maximum Gasteiger partial charge on any atom is 0.308 e. The minimum atomic E-state index is -0.528. The smallest absolute Gasteiger partial charge is 0.308 e. The molecule has 1 aliphatic carbocycles.